The zero-order chi connectivity index (χ0) is 13.0. The third kappa shape index (κ3) is 3.56. The van der Waals surface area contributed by atoms with Crippen LogP contribution in [0, 0.1) is 13.8 Å². The summed E-state index contributed by atoms with van der Waals surface area (Å²) in [6.07, 6.45) is 3.83. The predicted octanol–water partition coefficient (Wildman–Crippen LogP) is 2.53. The van der Waals surface area contributed by atoms with Crippen LogP contribution in [0.4, 0.5) is 0 Å². The predicted molar refractivity (Wildman–Crippen MR) is 78.1 cm³/mol. The second-order valence-corrected chi connectivity index (χ2v) is 5.66. The standard InChI is InChI=1S/C16H26N2/c1-13-6-7-14(2)15(11-13)8-10-18(3)16-5-4-9-17-12-16/h6-7,11,16-17H,4-5,8-10,12H2,1-3H3. The summed E-state index contributed by atoms with van der Waals surface area (Å²) >= 11 is 0. The quantitative estimate of drug-likeness (QED) is 0.878. The van der Waals surface area contributed by atoms with Crippen molar-refractivity contribution in [3.63, 3.8) is 0 Å². The smallest absolute Gasteiger partial charge is 0.0218 e. The van der Waals surface area contributed by atoms with Gasteiger partial charge in [0.15, 0.2) is 0 Å². The van der Waals surface area contributed by atoms with Crippen LogP contribution in [0.5, 0.6) is 0 Å². The molecule has 1 saturated heterocycles. The van der Waals surface area contributed by atoms with Crippen LogP contribution in [-0.2, 0) is 6.42 Å². The number of benzene rings is 1. The average molecular weight is 246 g/mol. The highest BCUT2D eigenvalue weighted by atomic mass is 15.2. The van der Waals surface area contributed by atoms with Crippen LogP contribution in [0.25, 0.3) is 0 Å². The summed E-state index contributed by atoms with van der Waals surface area (Å²) in [5, 5.41) is 3.49. The van der Waals surface area contributed by atoms with Crippen LogP contribution in [0.2, 0.25) is 0 Å². The number of hydrogen-bond acceptors (Lipinski definition) is 2. The fourth-order valence-corrected chi connectivity index (χ4v) is 2.76. The highest BCUT2D eigenvalue weighted by Crippen LogP contribution is 2.14. The maximum absolute atomic E-state index is 3.49. The minimum atomic E-state index is 0.726. The van der Waals surface area contributed by atoms with E-state index in [4.69, 9.17) is 0 Å². The van der Waals surface area contributed by atoms with Crippen molar-refractivity contribution in [2.45, 2.75) is 39.2 Å². The highest BCUT2D eigenvalue weighted by molar-refractivity contribution is 5.30. The third-order valence-electron chi connectivity index (χ3n) is 4.13. The fraction of sp³-hybridized carbons (Fsp3) is 0.625. The summed E-state index contributed by atoms with van der Waals surface area (Å²) in [4.78, 5) is 2.52. The maximum Gasteiger partial charge on any atom is 0.0218 e. The normalized spacial score (nSPS) is 20.3. The number of piperidine rings is 1. The van der Waals surface area contributed by atoms with E-state index >= 15 is 0 Å². The monoisotopic (exact) mass is 246 g/mol. The minimum Gasteiger partial charge on any atom is -0.315 e. The van der Waals surface area contributed by atoms with Gasteiger partial charge in [0.05, 0.1) is 0 Å². The first kappa shape index (κ1) is 13.6. The average Bonchev–Trinajstić information content (AvgIpc) is 2.40. The Labute approximate surface area is 111 Å². The molecule has 2 nitrogen and oxygen atoms in total. The molecular weight excluding hydrogens is 220 g/mol. The summed E-state index contributed by atoms with van der Waals surface area (Å²) in [5.74, 6) is 0. The van der Waals surface area contributed by atoms with Gasteiger partial charge in [0.2, 0.25) is 0 Å². The summed E-state index contributed by atoms with van der Waals surface area (Å²) in [6.45, 7) is 7.91. The Morgan fingerprint density at radius 2 is 2.17 bits per heavy atom. The van der Waals surface area contributed by atoms with E-state index in [-0.39, 0.29) is 0 Å². The molecule has 1 N–H and O–H groups in total. The van der Waals surface area contributed by atoms with Crippen molar-refractivity contribution in [3.05, 3.63) is 34.9 Å². The van der Waals surface area contributed by atoms with Gasteiger partial charge in [0.1, 0.15) is 0 Å². The molecule has 0 aliphatic carbocycles. The lowest BCUT2D eigenvalue weighted by atomic mass is 10.0. The van der Waals surface area contributed by atoms with Gasteiger partial charge in [-0.25, -0.2) is 0 Å². The first-order chi connectivity index (χ1) is 8.66. The Morgan fingerprint density at radius 1 is 1.33 bits per heavy atom. The van der Waals surface area contributed by atoms with E-state index in [1.807, 2.05) is 0 Å². The van der Waals surface area contributed by atoms with Crippen LogP contribution in [-0.4, -0.2) is 37.6 Å². The van der Waals surface area contributed by atoms with Crippen LogP contribution < -0.4 is 5.32 Å². The molecule has 0 radical (unpaired) electrons. The molecule has 1 atom stereocenters. The lowest BCUT2D eigenvalue weighted by Gasteiger charge is -2.31. The number of rotatable bonds is 4. The molecule has 0 aromatic heterocycles. The van der Waals surface area contributed by atoms with Gasteiger partial charge in [0, 0.05) is 19.1 Å². The largest absolute Gasteiger partial charge is 0.315 e. The van der Waals surface area contributed by atoms with Gasteiger partial charge < -0.3 is 10.2 Å². The van der Waals surface area contributed by atoms with Crippen molar-refractivity contribution < 1.29 is 0 Å². The Morgan fingerprint density at radius 3 is 2.89 bits per heavy atom. The van der Waals surface area contributed by atoms with E-state index in [9.17, 15) is 0 Å². The zero-order valence-electron chi connectivity index (χ0n) is 12.0. The number of nitrogens with zero attached hydrogens (tertiary/aromatic N) is 1. The summed E-state index contributed by atoms with van der Waals surface area (Å²) in [7, 11) is 2.27. The van der Waals surface area contributed by atoms with Crippen LogP contribution >= 0.6 is 0 Å². The Kier molecular flexibility index (Phi) is 4.79. The van der Waals surface area contributed by atoms with Gasteiger partial charge in [0.25, 0.3) is 0 Å². The number of aryl methyl sites for hydroxylation is 2. The van der Waals surface area contributed by atoms with Gasteiger partial charge in [-0.1, -0.05) is 23.8 Å². The third-order valence-corrected chi connectivity index (χ3v) is 4.13. The van der Waals surface area contributed by atoms with E-state index in [1.54, 1.807) is 0 Å². The molecule has 100 valence electrons. The fourth-order valence-electron chi connectivity index (χ4n) is 2.76. The van der Waals surface area contributed by atoms with Crippen molar-refractivity contribution in [2.24, 2.45) is 0 Å². The Bertz CT molecular complexity index is 381. The van der Waals surface area contributed by atoms with E-state index in [2.05, 4.69) is 49.3 Å². The van der Waals surface area contributed by atoms with Crippen molar-refractivity contribution >= 4 is 0 Å². The van der Waals surface area contributed by atoms with Crippen LogP contribution in [0.15, 0.2) is 18.2 Å². The van der Waals surface area contributed by atoms with Gasteiger partial charge in [-0.3, -0.25) is 0 Å². The molecule has 0 bridgehead atoms. The molecule has 0 spiro atoms. The molecule has 0 amide bonds. The number of nitrogens with one attached hydrogen (secondary N) is 1. The minimum absolute atomic E-state index is 0.726. The molecule has 2 rings (SSSR count). The van der Waals surface area contributed by atoms with Crippen LogP contribution in [0.1, 0.15) is 29.5 Å². The molecule has 1 fully saturated rings. The summed E-state index contributed by atoms with van der Waals surface area (Å²) in [6, 6.07) is 7.51. The molecule has 1 heterocycles. The lowest BCUT2D eigenvalue weighted by molar-refractivity contribution is 0.205. The molecule has 1 unspecified atom stereocenters. The second-order valence-electron chi connectivity index (χ2n) is 5.66. The molecule has 1 aromatic rings. The molecular formula is C16H26N2. The van der Waals surface area contributed by atoms with Gasteiger partial charge in [-0.15, -0.1) is 0 Å². The lowest BCUT2D eigenvalue weighted by Crippen LogP contribution is -2.44. The number of likely N-dealkylation sites (N-methyl/N-ethyl adjacent to an activating group) is 1. The second kappa shape index (κ2) is 6.35. The first-order valence-electron chi connectivity index (χ1n) is 7.14. The van der Waals surface area contributed by atoms with E-state index in [1.165, 1.54) is 42.5 Å². The number of hydrogen-bond donors (Lipinski definition) is 1. The molecule has 0 saturated carbocycles. The first-order valence-corrected chi connectivity index (χ1v) is 7.14. The topological polar surface area (TPSA) is 15.3 Å². The SMILES string of the molecule is Cc1ccc(C)c(CCN(C)C2CCCNC2)c1. The molecule has 1 aliphatic rings. The van der Waals surface area contributed by atoms with E-state index in [0.717, 1.165) is 19.1 Å². The maximum atomic E-state index is 3.49. The molecule has 1 aliphatic heterocycles. The summed E-state index contributed by atoms with van der Waals surface area (Å²) in [5.41, 5.74) is 4.30. The summed E-state index contributed by atoms with van der Waals surface area (Å²) < 4.78 is 0. The van der Waals surface area contributed by atoms with Crippen molar-refractivity contribution in [3.8, 4) is 0 Å². The van der Waals surface area contributed by atoms with Crippen molar-refractivity contribution in [1.82, 2.24) is 10.2 Å². The highest BCUT2D eigenvalue weighted by Gasteiger charge is 2.17. The van der Waals surface area contributed by atoms with Crippen LogP contribution in [0.3, 0.4) is 0 Å². The Hall–Kier alpha value is -0.860. The van der Waals surface area contributed by atoms with E-state index < -0.39 is 0 Å². The Balaban J connectivity index is 1.88. The zero-order valence-corrected chi connectivity index (χ0v) is 12.0. The molecule has 2 heteroatoms. The van der Waals surface area contributed by atoms with Crippen molar-refractivity contribution in [2.75, 3.05) is 26.7 Å². The van der Waals surface area contributed by atoms with Gasteiger partial charge >= 0.3 is 0 Å². The van der Waals surface area contributed by atoms with Gasteiger partial charge in [-0.2, -0.15) is 0 Å². The molecule has 1 aromatic carbocycles. The van der Waals surface area contributed by atoms with Gasteiger partial charge in [-0.05, 0) is 57.8 Å². The molecule has 18 heavy (non-hydrogen) atoms. The van der Waals surface area contributed by atoms with E-state index in [0.29, 0.717) is 0 Å². The van der Waals surface area contributed by atoms with Crippen molar-refractivity contribution in [1.29, 1.82) is 0 Å².